The van der Waals surface area contributed by atoms with Crippen LogP contribution >= 0.6 is 11.6 Å². The smallest absolute Gasteiger partial charge is 0.238 e. The summed E-state index contributed by atoms with van der Waals surface area (Å²) in [7, 11) is 3.66. The molecular weight excluding hydrogens is 266 g/mol. The zero-order valence-corrected chi connectivity index (χ0v) is 12.4. The van der Waals surface area contributed by atoms with E-state index in [0.717, 1.165) is 38.8 Å². The molecule has 1 heterocycles. The van der Waals surface area contributed by atoms with Crippen LogP contribution < -0.4 is 10.7 Å². The third-order valence-electron chi connectivity index (χ3n) is 4.13. The molecule has 4 atom stereocenters. The third kappa shape index (κ3) is 4.05. The zero-order valence-electron chi connectivity index (χ0n) is 11.7. The van der Waals surface area contributed by atoms with E-state index >= 15 is 0 Å². The molecule has 0 aromatic rings. The first-order valence-corrected chi connectivity index (χ1v) is 7.45. The van der Waals surface area contributed by atoms with Crippen molar-refractivity contribution in [1.29, 1.82) is 0 Å². The Labute approximate surface area is 120 Å². The lowest BCUT2D eigenvalue weighted by molar-refractivity contribution is -0.123. The molecule has 4 unspecified atom stereocenters. The summed E-state index contributed by atoms with van der Waals surface area (Å²) in [6.45, 7) is 1.64. The summed E-state index contributed by atoms with van der Waals surface area (Å²) in [5.74, 6) is 0.578. The van der Waals surface area contributed by atoms with Gasteiger partial charge < -0.3 is 10.1 Å². The maximum atomic E-state index is 12.0. The second-order valence-electron chi connectivity index (χ2n) is 5.61. The second-order valence-corrected chi connectivity index (χ2v) is 6.17. The molecule has 0 spiro atoms. The quantitative estimate of drug-likeness (QED) is 0.750. The number of nitrogens with zero attached hydrogens (tertiary/aromatic N) is 1. The van der Waals surface area contributed by atoms with Crippen molar-refractivity contribution in [3.8, 4) is 0 Å². The molecule has 1 aliphatic carbocycles. The fourth-order valence-electron chi connectivity index (χ4n) is 2.88. The van der Waals surface area contributed by atoms with Crippen molar-refractivity contribution in [2.24, 2.45) is 5.92 Å². The van der Waals surface area contributed by atoms with Gasteiger partial charge in [0, 0.05) is 27.2 Å². The Bertz CT molecular complexity index is 316. The summed E-state index contributed by atoms with van der Waals surface area (Å²) in [6, 6.07) is -0.0763. The molecule has 0 bridgehead atoms. The second kappa shape index (κ2) is 6.88. The Morgan fingerprint density at radius 1 is 1.47 bits per heavy atom. The average molecular weight is 290 g/mol. The summed E-state index contributed by atoms with van der Waals surface area (Å²) in [5.41, 5.74) is 3.14. The summed E-state index contributed by atoms with van der Waals surface area (Å²) in [6.07, 6.45) is 3.95. The molecule has 2 aliphatic rings. The topological polar surface area (TPSA) is 53.6 Å². The number of alkyl halides is 1. The Morgan fingerprint density at radius 3 is 2.89 bits per heavy atom. The molecule has 1 aliphatic heterocycles. The first-order valence-electron chi connectivity index (χ1n) is 7.02. The molecule has 2 rings (SSSR count). The van der Waals surface area contributed by atoms with E-state index in [4.69, 9.17) is 16.3 Å². The summed E-state index contributed by atoms with van der Waals surface area (Å²) >= 11 is 6.20. The third-order valence-corrected chi connectivity index (χ3v) is 4.63. The van der Waals surface area contributed by atoms with Gasteiger partial charge in [-0.3, -0.25) is 4.79 Å². The summed E-state index contributed by atoms with van der Waals surface area (Å²) < 4.78 is 5.39. The van der Waals surface area contributed by atoms with Gasteiger partial charge in [-0.15, -0.1) is 11.6 Å². The minimum Gasteiger partial charge on any atom is -0.380 e. The van der Waals surface area contributed by atoms with Crippen LogP contribution in [-0.4, -0.2) is 55.7 Å². The number of nitrogens with one attached hydrogen (secondary N) is 2. The molecule has 5 nitrogen and oxygen atoms in total. The lowest BCUT2D eigenvalue weighted by Crippen LogP contribution is -2.46. The van der Waals surface area contributed by atoms with E-state index in [-0.39, 0.29) is 23.4 Å². The Hall–Kier alpha value is -0.360. The van der Waals surface area contributed by atoms with E-state index in [1.807, 2.05) is 12.1 Å². The van der Waals surface area contributed by atoms with Crippen LogP contribution in [-0.2, 0) is 9.53 Å². The van der Waals surface area contributed by atoms with E-state index in [9.17, 15) is 4.79 Å². The molecule has 6 heteroatoms. The van der Waals surface area contributed by atoms with E-state index in [1.165, 1.54) is 0 Å². The van der Waals surface area contributed by atoms with Gasteiger partial charge in [-0.25, -0.2) is 10.4 Å². The Balaban J connectivity index is 1.72. The maximum absolute atomic E-state index is 12.0. The number of ether oxygens (including phenoxy) is 1. The maximum Gasteiger partial charge on any atom is 0.238 e. The zero-order chi connectivity index (χ0) is 13.8. The van der Waals surface area contributed by atoms with Gasteiger partial charge in [0.25, 0.3) is 0 Å². The fourth-order valence-corrected chi connectivity index (χ4v) is 3.21. The lowest BCUT2D eigenvalue weighted by Gasteiger charge is -2.32. The number of halogens is 1. The van der Waals surface area contributed by atoms with Gasteiger partial charge in [0.15, 0.2) is 0 Å². The minimum absolute atomic E-state index is 0.0763. The van der Waals surface area contributed by atoms with E-state index in [0.29, 0.717) is 5.92 Å². The number of methoxy groups -OCH3 is 1. The number of rotatable bonds is 4. The molecule has 0 aromatic carbocycles. The van der Waals surface area contributed by atoms with Crippen LogP contribution in [0.15, 0.2) is 0 Å². The number of hydrogen-bond donors (Lipinski definition) is 2. The van der Waals surface area contributed by atoms with Crippen molar-refractivity contribution < 1.29 is 9.53 Å². The summed E-state index contributed by atoms with van der Waals surface area (Å²) in [4.78, 5) is 12.0. The van der Waals surface area contributed by atoms with Gasteiger partial charge in [0.2, 0.25) is 5.91 Å². The number of carbonyl (C=O) groups is 1. The molecule has 2 fully saturated rings. The van der Waals surface area contributed by atoms with Gasteiger partial charge >= 0.3 is 0 Å². The van der Waals surface area contributed by atoms with Crippen molar-refractivity contribution in [2.45, 2.75) is 43.2 Å². The van der Waals surface area contributed by atoms with E-state index in [1.54, 1.807) is 7.11 Å². The van der Waals surface area contributed by atoms with Gasteiger partial charge in [-0.1, -0.05) is 0 Å². The molecule has 110 valence electrons. The first-order chi connectivity index (χ1) is 9.10. The van der Waals surface area contributed by atoms with Crippen LogP contribution in [0.1, 0.15) is 25.7 Å². The molecule has 0 aromatic heterocycles. The molecule has 0 radical (unpaired) electrons. The Kier molecular flexibility index (Phi) is 5.45. The average Bonchev–Trinajstić information content (AvgIpc) is 2.84. The number of amides is 1. The van der Waals surface area contributed by atoms with Crippen molar-refractivity contribution in [1.82, 2.24) is 15.8 Å². The molecule has 1 amide bonds. The highest BCUT2D eigenvalue weighted by molar-refractivity contribution is 6.21. The highest BCUT2D eigenvalue weighted by Crippen LogP contribution is 2.29. The van der Waals surface area contributed by atoms with Crippen LogP contribution in [0.5, 0.6) is 0 Å². The molecule has 1 saturated carbocycles. The van der Waals surface area contributed by atoms with Crippen molar-refractivity contribution in [3.05, 3.63) is 0 Å². The van der Waals surface area contributed by atoms with Crippen molar-refractivity contribution in [3.63, 3.8) is 0 Å². The van der Waals surface area contributed by atoms with Gasteiger partial charge in [-0.05, 0) is 31.6 Å². The highest BCUT2D eigenvalue weighted by Gasteiger charge is 2.30. The largest absolute Gasteiger partial charge is 0.380 e. The molecular formula is C13H24ClN3O2. The number of hydrogen-bond acceptors (Lipinski definition) is 4. The van der Waals surface area contributed by atoms with Crippen molar-refractivity contribution in [2.75, 3.05) is 27.2 Å². The molecule has 1 saturated heterocycles. The monoisotopic (exact) mass is 289 g/mol. The van der Waals surface area contributed by atoms with Gasteiger partial charge in [0.05, 0.1) is 11.5 Å². The summed E-state index contributed by atoms with van der Waals surface area (Å²) in [5, 5.41) is 5.12. The van der Waals surface area contributed by atoms with Gasteiger partial charge in [0.1, 0.15) is 6.04 Å². The number of carbonyl (C=O) groups excluding carboxylic acids is 1. The molecule has 2 N–H and O–H groups in total. The Morgan fingerprint density at radius 2 is 2.26 bits per heavy atom. The van der Waals surface area contributed by atoms with Crippen LogP contribution in [0.3, 0.4) is 0 Å². The van der Waals surface area contributed by atoms with E-state index < -0.39 is 0 Å². The highest BCUT2D eigenvalue weighted by atomic mass is 35.5. The van der Waals surface area contributed by atoms with Gasteiger partial charge in [-0.2, -0.15) is 0 Å². The molecule has 19 heavy (non-hydrogen) atoms. The number of hydrazine groups is 1. The van der Waals surface area contributed by atoms with Crippen LogP contribution in [0.2, 0.25) is 0 Å². The fraction of sp³-hybridized carbons (Fsp3) is 0.923. The lowest BCUT2D eigenvalue weighted by atomic mass is 9.86. The normalized spacial score (nSPS) is 36.4. The predicted octanol–water partition coefficient (Wildman–Crippen LogP) is 0.734. The first kappa shape index (κ1) is 15.0. The minimum atomic E-state index is -0.0763. The standard InChI is InChI=1S/C13H24ClN3O2/c1-17-6-5-11(16-17)13(18)15-8-9-3-4-10(14)12(7-9)19-2/h9-12,16H,3-8H2,1-2H3,(H,15,18). The van der Waals surface area contributed by atoms with Crippen LogP contribution in [0.4, 0.5) is 0 Å². The van der Waals surface area contributed by atoms with Crippen LogP contribution in [0.25, 0.3) is 0 Å². The van der Waals surface area contributed by atoms with Crippen LogP contribution in [0, 0.1) is 5.92 Å². The predicted molar refractivity (Wildman–Crippen MR) is 75.0 cm³/mol. The van der Waals surface area contributed by atoms with E-state index in [2.05, 4.69) is 10.7 Å². The SMILES string of the molecule is COC1CC(CNC(=O)C2CCN(C)N2)CCC1Cl. The van der Waals surface area contributed by atoms with Crippen molar-refractivity contribution >= 4 is 17.5 Å².